The first-order valence-electron chi connectivity index (χ1n) is 6.19. The standard InChI is InChI=1S/C13H17NO5/c1-8(9-4-3-7-18-9)14(2)12(15)10-5-6-11(19-10)13(16)17/h3-4,7-8,10-11H,5-6H2,1-2H3,(H,16,17)/t8?,10-,11+/m0/s1. The number of amides is 1. The van der Waals surface area contributed by atoms with Crippen molar-refractivity contribution in [2.24, 2.45) is 0 Å². The van der Waals surface area contributed by atoms with Crippen molar-refractivity contribution >= 4 is 11.9 Å². The Morgan fingerprint density at radius 3 is 2.63 bits per heavy atom. The summed E-state index contributed by atoms with van der Waals surface area (Å²) in [6, 6.07) is 3.34. The molecule has 1 amide bonds. The molecule has 0 radical (unpaired) electrons. The molecule has 1 fully saturated rings. The van der Waals surface area contributed by atoms with Crippen molar-refractivity contribution in [2.75, 3.05) is 7.05 Å². The normalized spacial score (nSPS) is 24.1. The van der Waals surface area contributed by atoms with Crippen molar-refractivity contribution in [1.29, 1.82) is 0 Å². The Labute approximate surface area is 110 Å². The highest BCUT2D eigenvalue weighted by atomic mass is 16.5. The van der Waals surface area contributed by atoms with Crippen molar-refractivity contribution in [3.8, 4) is 0 Å². The van der Waals surface area contributed by atoms with E-state index >= 15 is 0 Å². The highest BCUT2D eigenvalue weighted by Gasteiger charge is 2.37. The summed E-state index contributed by atoms with van der Waals surface area (Å²) in [4.78, 5) is 24.5. The van der Waals surface area contributed by atoms with Crippen LogP contribution in [0, 0.1) is 0 Å². The van der Waals surface area contributed by atoms with Gasteiger partial charge >= 0.3 is 5.97 Å². The summed E-state index contributed by atoms with van der Waals surface area (Å²) < 4.78 is 10.5. The third-order valence-corrected chi connectivity index (χ3v) is 3.45. The maximum Gasteiger partial charge on any atom is 0.332 e. The Hall–Kier alpha value is -1.82. The molecule has 1 aromatic heterocycles. The predicted molar refractivity (Wildman–Crippen MR) is 65.4 cm³/mol. The summed E-state index contributed by atoms with van der Waals surface area (Å²) in [7, 11) is 1.66. The smallest absolute Gasteiger partial charge is 0.332 e. The molecule has 1 N–H and O–H groups in total. The third kappa shape index (κ3) is 2.78. The number of ether oxygens (including phenoxy) is 1. The first-order chi connectivity index (χ1) is 9.00. The summed E-state index contributed by atoms with van der Waals surface area (Å²) in [5.41, 5.74) is 0. The molecule has 3 atom stereocenters. The van der Waals surface area contributed by atoms with Gasteiger partial charge in [0.05, 0.1) is 12.3 Å². The van der Waals surface area contributed by atoms with Crippen LogP contribution in [0.3, 0.4) is 0 Å². The number of carboxylic acids is 1. The minimum atomic E-state index is -1.02. The number of rotatable bonds is 4. The van der Waals surface area contributed by atoms with Crippen molar-refractivity contribution in [3.63, 3.8) is 0 Å². The van der Waals surface area contributed by atoms with E-state index in [0.717, 1.165) is 0 Å². The maximum atomic E-state index is 12.2. The van der Waals surface area contributed by atoms with Gasteiger partial charge in [0.1, 0.15) is 11.9 Å². The molecule has 0 spiro atoms. The lowest BCUT2D eigenvalue weighted by Gasteiger charge is -2.26. The van der Waals surface area contributed by atoms with E-state index in [1.165, 1.54) is 4.90 Å². The van der Waals surface area contributed by atoms with Crippen LogP contribution in [0.1, 0.15) is 31.6 Å². The van der Waals surface area contributed by atoms with Crippen molar-refractivity contribution < 1.29 is 23.8 Å². The van der Waals surface area contributed by atoms with Gasteiger partial charge in [0.25, 0.3) is 5.91 Å². The molecular weight excluding hydrogens is 250 g/mol. The average molecular weight is 267 g/mol. The zero-order valence-corrected chi connectivity index (χ0v) is 10.9. The molecule has 1 aliphatic heterocycles. The molecular formula is C13H17NO5. The van der Waals surface area contributed by atoms with E-state index in [2.05, 4.69) is 0 Å². The van der Waals surface area contributed by atoms with Gasteiger partial charge in [-0.15, -0.1) is 0 Å². The lowest BCUT2D eigenvalue weighted by molar-refractivity contribution is -0.155. The zero-order chi connectivity index (χ0) is 14.0. The molecule has 0 aromatic carbocycles. The van der Waals surface area contributed by atoms with Crippen LogP contribution in [0.25, 0.3) is 0 Å². The second-order valence-corrected chi connectivity index (χ2v) is 4.67. The van der Waals surface area contributed by atoms with Crippen LogP contribution >= 0.6 is 0 Å². The fourth-order valence-electron chi connectivity index (χ4n) is 2.14. The molecule has 0 aliphatic carbocycles. The molecule has 6 nitrogen and oxygen atoms in total. The summed E-state index contributed by atoms with van der Waals surface area (Å²) in [5.74, 6) is -0.548. The number of hydrogen-bond donors (Lipinski definition) is 1. The average Bonchev–Trinajstić information content (AvgIpc) is 3.06. The van der Waals surface area contributed by atoms with E-state index in [-0.39, 0.29) is 11.9 Å². The van der Waals surface area contributed by atoms with E-state index in [1.807, 2.05) is 6.92 Å². The molecule has 104 valence electrons. The Bertz CT molecular complexity index is 456. The first-order valence-corrected chi connectivity index (χ1v) is 6.19. The van der Waals surface area contributed by atoms with Gasteiger partial charge in [-0.2, -0.15) is 0 Å². The van der Waals surface area contributed by atoms with E-state index in [9.17, 15) is 9.59 Å². The molecule has 2 heterocycles. The van der Waals surface area contributed by atoms with Crippen molar-refractivity contribution in [3.05, 3.63) is 24.2 Å². The Morgan fingerprint density at radius 1 is 1.42 bits per heavy atom. The quantitative estimate of drug-likeness (QED) is 0.892. The zero-order valence-electron chi connectivity index (χ0n) is 10.9. The molecule has 2 rings (SSSR count). The van der Waals surface area contributed by atoms with Crippen molar-refractivity contribution in [2.45, 2.75) is 38.0 Å². The summed E-state index contributed by atoms with van der Waals surface area (Å²) in [6.45, 7) is 1.85. The SMILES string of the molecule is CC(c1ccco1)N(C)C(=O)[C@@H]1CC[C@H](C(=O)O)O1. The molecule has 0 saturated carbocycles. The van der Waals surface area contributed by atoms with E-state index in [0.29, 0.717) is 18.6 Å². The lowest BCUT2D eigenvalue weighted by atomic mass is 10.1. The largest absolute Gasteiger partial charge is 0.479 e. The van der Waals surface area contributed by atoms with Gasteiger partial charge in [-0.05, 0) is 31.9 Å². The molecule has 6 heteroatoms. The van der Waals surface area contributed by atoms with Crippen LogP contribution in [0.15, 0.2) is 22.8 Å². The van der Waals surface area contributed by atoms with Gasteiger partial charge in [0, 0.05) is 7.05 Å². The number of carboxylic acid groups (broad SMARTS) is 1. The summed E-state index contributed by atoms with van der Waals surface area (Å²) >= 11 is 0. The molecule has 1 aromatic rings. The second kappa shape index (κ2) is 5.44. The van der Waals surface area contributed by atoms with Crippen LogP contribution in [-0.2, 0) is 14.3 Å². The first kappa shape index (κ1) is 13.6. The minimum absolute atomic E-state index is 0.213. The highest BCUT2D eigenvalue weighted by molar-refractivity contribution is 5.82. The number of nitrogens with zero attached hydrogens (tertiary/aromatic N) is 1. The van der Waals surface area contributed by atoms with Gasteiger partial charge in [-0.1, -0.05) is 0 Å². The molecule has 1 unspecified atom stereocenters. The van der Waals surface area contributed by atoms with Gasteiger partial charge in [0.15, 0.2) is 6.10 Å². The monoisotopic (exact) mass is 267 g/mol. The topological polar surface area (TPSA) is 80.0 Å². The second-order valence-electron chi connectivity index (χ2n) is 4.67. The number of furan rings is 1. The van der Waals surface area contributed by atoms with Crippen molar-refractivity contribution in [1.82, 2.24) is 4.90 Å². The maximum absolute atomic E-state index is 12.2. The Kier molecular flexibility index (Phi) is 3.90. The molecule has 19 heavy (non-hydrogen) atoms. The van der Waals surface area contributed by atoms with Gasteiger partial charge in [-0.25, -0.2) is 4.79 Å². The fraction of sp³-hybridized carbons (Fsp3) is 0.538. The summed E-state index contributed by atoms with van der Waals surface area (Å²) in [6.07, 6.45) is 0.806. The predicted octanol–water partition coefficient (Wildman–Crippen LogP) is 1.43. The van der Waals surface area contributed by atoms with Crippen LogP contribution in [0.5, 0.6) is 0 Å². The van der Waals surface area contributed by atoms with Crippen LogP contribution in [0.4, 0.5) is 0 Å². The number of aliphatic carboxylic acids is 1. The number of carbonyl (C=O) groups excluding carboxylic acids is 1. The van der Waals surface area contributed by atoms with E-state index in [4.69, 9.17) is 14.3 Å². The Balaban J connectivity index is 1.98. The minimum Gasteiger partial charge on any atom is -0.479 e. The van der Waals surface area contributed by atoms with Crippen LogP contribution < -0.4 is 0 Å². The molecule has 1 saturated heterocycles. The Morgan fingerprint density at radius 2 is 2.11 bits per heavy atom. The number of likely N-dealkylation sites (N-methyl/N-ethyl adjacent to an activating group) is 1. The fourth-order valence-corrected chi connectivity index (χ4v) is 2.14. The number of carbonyl (C=O) groups is 2. The van der Waals surface area contributed by atoms with Gasteiger partial charge in [-0.3, -0.25) is 4.79 Å². The van der Waals surface area contributed by atoms with E-state index < -0.39 is 18.2 Å². The third-order valence-electron chi connectivity index (χ3n) is 3.45. The van der Waals surface area contributed by atoms with E-state index in [1.54, 1.807) is 25.4 Å². The lowest BCUT2D eigenvalue weighted by Crippen LogP contribution is -2.38. The highest BCUT2D eigenvalue weighted by Crippen LogP contribution is 2.25. The van der Waals surface area contributed by atoms with Crippen LogP contribution in [-0.4, -0.2) is 41.1 Å². The van der Waals surface area contributed by atoms with Gasteiger partial charge < -0.3 is 19.2 Å². The van der Waals surface area contributed by atoms with Gasteiger partial charge in [0.2, 0.25) is 0 Å². The molecule has 0 bridgehead atoms. The van der Waals surface area contributed by atoms with Crippen LogP contribution in [0.2, 0.25) is 0 Å². The number of hydrogen-bond acceptors (Lipinski definition) is 4. The summed E-state index contributed by atoms with van der Waals surface area (Å²) in [5, 5.41) is 8.85. The molecule has 1 aliphatic rings.